The molecule has 0 atom stereocenters. The standard InChI is InChI=1S/C19H18N4O4S/c1-12(24)13-4-6-14(7-5-13)23-19(20-21-22-23)28-11-17(25)16-10-15(26-2)8-9-18(16)27-3/h4-10H,11H2,1-3H3. The molecule has 0 saturated heterocycles. The highest BCUT2D eigenvalue weighted by Crippen LogP contribution is 2.27. The highest BCUT2D eigenvalue weighted by atomic mass is 32.2. The van der Waals surface area contributed by atoms with Gasteiger partial charge in [-0.25, -0.2) is 0 Å². The lowest BCUT2D eigenvalue weighted by Gasteiger charge is -2.09. The van der Waals surface area contributed by atoms with Gasteiger partial charge in [0.05, 0.1) is 31.2 Å². The van der Waals surface area contributed by atoms with Crippen LogP contribution >= 0.6 is 11.8 Å². The molecule has 28 heavy (non-hydrogen) atoms. The van der Waals surface area contributed by atoms with E-state index in [1.165, 1.54) is 37.6 Å². The number of aromatic nitrogens is 4. The summed E-state index contributed by atoms with van der Waals surface area (Å²) < 4.78 is 12.0. The number of carbonyl (C=O) groups excluding carboxylic acids is 2. The van der Waals surface area contributed by atoms with Crippen molar-refractivity contribution in [1.82, 2.24) is 20.2 Å². The molecule has 2 aromatic carbocycles. The average Bonchev–Trinajstić information content (AvgIpc) is 3.20. The number of thioether (sulfide) groups is 1. The highest BCUT2D eigenvalue weighted by molar-refractivity contribution is 7.99. The molecular weight excluding hydrogens is 380 g/mol. The number of hydrogen-bond acceptors (Lipinski definition) is 8. The Balaban J connectivity index is 1.77. The third kappa shape index (κ3) is 4.20. The predicted octanol–water partition coefficient (Wildman–Crippen LogP) is 2.86. The minimum Gasteiger partial charge on any atom is -0.497 e. The van der Waals surface area contributed by atoms with Gasteiger partial charge in [0.1, 0.15) is 11.5 Å². The molecule has 0 aliphatic heterocycles. The molecule has 1 heterocycles. The summed E-state index contributed by atoms with van der Waals surface area (Å²) >= 11 is 1.21. The molecule has 0 spiro atoms. The Labute approximate surface area is 165 Å². The van der Waals surface area contributed by atoms with Crippen LogP contribution in [0.15, 0.2) is 47.6 Å². The Morgan fingerprint density at radius 3 is 2.46 bits per heavy atom. The van der Waals surface area contributed by atoms with E-state index >= 15 is 0 Å². The molecule has 0 bridgehead atoms. The first-order chi connectivity index (χ1) is 13.5. The Bertz CT molecular complexity index is 1000. The molecule has 0 unspecified atom stereocenters. The Morgan fingerprint density at radius 1 is 1.07 bits per heavy atom. The average molecular weight is 398 g/mol. The van der Waals surface area contributed by atoms with Crippen LogP contribution in [0.1, 0.15) is 27.6 Å². The lowest BCUT2D eigenvalue weighted by atomic mass is 10.1. The summed E-state index contributed by atoms with van der Waals surface area (Å²) in [5.41, 5.74) is 1.73. The summed E-state index contributed by atoms with van der Waals surface area (Å²) in [6.07, 6.45) is 0. The summed E-state index contributed by atoms with van der Waals surface area (Å²) in [6, 6.07) is 12.0. The zero-order valence-corrected chi connectivity index (χ0v) is 16.4. The fourth-order valence-electron chi connectivity index (χ4n) is 2.51. The summed E-state index contributed by atoms with van der Waals surface area (Å²) in [5.74, 6) is 1.02. The largest absolute Gasteiger partial charge is 0.497 e. The molecule has 0 radical (unpaired) electrons. The second-order valence-electron chi connectivity index (χ2n) is 5.75. The molecule has 0 aliphatic rings. The van der Waals surface area contributed by atoms with Crippen molar-refractivity contribution in [2.24, 2.45) is 0 Å². The fraction of sp³-hybridized carbons (Fsp3) is 0.211. The van der Waals surface area contributed by atoms with Gasteiger partial charge in [-0.2, -0.15) is 4.68 Å². The van der Waals surface area contributed by atoms with Crippen LogP contribution in [-0.2, 0) is 0 Å². The summed E-state index contributed by atoms with van der Waals surface area (Å²) in [5, 5.41) is 12.1. The van der Waals surface area contributed by atoms with Gasteiger partial charge in [-0.3, -0.25) is 9.59 Å². The SMILES string of the molecule is COc1ccc(OC)c(C(=O)CSc2nnnn2-c2ccc(C(C)=O)cc2)c1. The van der Waals surface area contributed by atoms with Crippen LogP contribution in [-0.4, -0.2) is 51.7 Å². The third-order valence-electron chi connectivity index (χ3n) is 4.00. The maximum Gasteiger partial charge on any atom is 0.214 e. The summed E-state index contributed by atoms with van der Waals surface area (Å²) in [6.45, 7) is 1.51. The van der Waals surface area contributed by atoms with Crippen molar-refractivity contribution in [2.45, 2.75) is 12.1 Å². The molecule has 0 fully saturated rings. The number of ketones is 2. The normalized spacial score (nSPS) is 10.5. The van der Waals surface area contributed by atoms with Crippen LogP contribution in [0.25, 0.3) is 5.69 Å². The van der Waals surface area contributed by atoms with Crippen LogP contribution in [0.4, 0.5) is 0 Å². The third-order valence-corrected chi connectivity index (χ3v) is 4.92. The van der Waals surface area contributed by atoms with Crippen LogP contribution in [0.5, 0.6) is 11.5 Å². The fourth-order valence-corrected chi connectivity index (χ4v) is 3.28. The van der Waals surface area contributed by atoms with Crippen molar-refractivity contribution in [3.8, 4) is 17.2 Å². The molecule has 0 N–H and O–H groups in total. The van der Waals surface area contributed by atoms with E-state index in [0.29, 0.717) is 33.5 Å². The van der Waals surface area contributed by atoms with Crippen molar-refractivity contribution in [3.05, 3.63) is 53.6 Å². The minimum atomic E-state index is -0.137. The van der Waals surface area contributed by atoms with Crippen LogP contribution in [0.2, 0.25) is 0 Å². The van der Waals surface area contributed by atoms with Crippen molar-refractivity contribution >= 4 is 23.3 Å². The van der Waals surface area contributed by atoms with Gasteiger partial charge in [-0.1, -0.05) is 11.8 Å². The van der Waals surface area contributed by atoms with Gasteiger partial charge in [0.2, 0.25) is 5.16 Å². The molecule has 0 amide bonds. The van der Waals surface area contributed by atoms with E-state index in [9.17, 15) is 9.59 Å². The number of carbonyl (C=O) groups is 2. The van der Waals surface area contributed by atoms with E-state index in [4.69, 9.17) is 9.47 Å². The number of rotatable bonds is 8. The van der Waals surface area contributed by atoms with Crippen molar-refractivity contribution in [2.75, 3.05) is 20.0 Å². The number of hydrogen-bond donors (Lipinski definition) is 0. The van der Waals surface area contributed by atoms with Gasteiger partial charge in [0.15, 0.2) is 11.6 Å². The van der Waals surface area contributed by atoms with Crippen molar-refractivity contribution in [1.29, 1.82) is 0 Å². The zero-order chi connectivity index (χ0) is 20.1. The molecule has 0 aliphatic carbocycles. The van der Waals surface area contributed by atoms with E-state index < -0.39 is 0 Å². The first-order valence-corrected chi connectivity index (χ1v) is 9.30. The molecule has 3 aromatic rings. The van der Waals surface area contributed by atoms with E-state index in [-0.39, 0.29) is 17.3 Å². The van der Waals surface area contributed by atoms with Crippen molar-refractivity contribution < 1.29 is 19.1 Å². The minimum absolute atomic E-state index is 0.0179. The lowest BCUT2D eigenvalue weighted by Crippen LogP contribution is -2.07. The molecular formula is C19H18N4O4S. The summed E-state index contributed by atoms with van der Waals surface area (Å²) in [7, 11) is 3.05. The second kappa shape index (κ2) is 8.66. The quantitative estimate of drug-likeness (QED) is 0.422. The maximum absolute atomic E-state index is 12.7. The number of tetrazole rings is 1. The molecule has 8 nitrogen and oxygen atoms in total. The highest BCUT2D eigenvalue weighted by Gasteiger charge is 2.17. The zero-order valence-electron chi connectivity index (χ0n) is 15.6. The predicted molar refractivity (Wildman–Crippen MR) is 104 cm³/mol. The molecule has 1 aromatic heterocycles. The van der Waals surface area contributed by atoms with Gasteiger partial charge in [0, 0.05) is 5.56 Å². The summed E-state index contributed by atoms with van der Waals surface area (Å²) in [4.78, 5) is 24.1. The van der Waals surface area contributed by atoms with E-state index in [0.717, 1.165) is 0 Å². The Kier molecular flexibility index (Phi) is 6.05. The van der Waals surface area contributed by atoms with E-state index in [2.05, 4.69) is 15.5 Å². The maximum atomic E-state index is 12.7. The topological polar surface area (TPSA) is 96.2 Å². The van der Waals surface area contributed by atoms with Crippen LogP contribution in [0.3, 0.4) is 0 Å². The molecule has 3 rings (SSSR count). The van der Waals surface area contributed by atoms with Crippen LogP contribution < -0.4 is 9.47 Å². The first-order valence-electron chi connectivity index (χ1n) is 8.31. The second-order valence-corrected chi connectivity index (χ2v) is 6.70. The van der Waals surface area contributed by atoms with Gasteiger partial charge in [0.25, 0.3) is 0 Å². The smallest absolute Gasteiger partial charge is 0.214 e. The molecule has 144 valence electrons. The van der Waals surface area contributed by atoms with Gasteiger partial charge in [-0.15, -0.1) is 5.10 Å². The number of ether oxygens (including phenoxy) is 2. The number of benzene rings is 2. The number of nitrogens with zero attached hydrogens (tertiary/aromatic N) is 4. The van der Waals surface area contributed by atoms with Gasteiger partial charge >= 0.3 is 0 Å². The van der Waals surface area contributed by atoms with Crippen molar-refractivity contribution in [3.63, 3.8) is 0 Å². The molecule has 0 saturated carbocycles. The van der Waals surface area contributed by atoms with E-state index in [1.807, 2.05) is 0 Å². The Hall–Kier alpha value is -3.20. The van der Waals surface area contributed by atoms with Gasteiger partial charge in [-0.05, 0) is 59.8 Å². The number of methoxy groups -OCH3 is 2. The Morgan fingerprint density at radius 2 is 1.82 bits per heavy atom. The number of Topliss-reactive ketones (excluding diaryl/α,β-unsaturated/α-hetero) is 2. The molecule has 9 heteroatoms. The first kappa shape index (κ1) is 19.6. The van der Waals surface area contributed by atoms with Gasteiger partial charge < -0.3 is 9.47 Å². The van der Waals surface area contributed by atoms with Crippen LogP contribution in [0, 0.1) is 0 Å². The van der Waals surface area contributed by atoms with E-state index in [1.54, 1.807) is 42.5 Å². The monoisotopic (exact) mass is 398 g/mol. The lowest BCUT2D eigenvalue weighted by molar-refractivity contribution is 0.101.